The zero-order chi connectivity index (χ0) is 37.5. The molecule has 15 heteroatoms. The van der Waals surface area contributed by atoms with Crippen LogP contribution in [0.15, 0.2) is 42.3 Å². The van der Waals surface area contributed by atoms with Gasteiger partial charge in [-0.3, -0.25) is 9.59 Å². The van der Waals surface area contributed by atoms with Gasteiger partial charge in [-0.15, -0.1) is 17.9 Å². The van der Waals surface area contributed by atoms with Crippen LogP contribution in [0.3, 0.4) is 0 Å². The highest BCUT2D eigenvalue weighted by Crippen LogP contribution is 2.45. The summed E-state index contributed by atoms with van der Waals surface area (Å²) in [7, 11) is 3.34. The largest absolute Gasteiger partial charge is 0.497 e. The van der Waals surface area contributed by atoms with Crippen LogP contribution >= 0.6 is 11.3 Å². The molecular weight excluding hydrogens is 676 g/mol. The number of hydrogen-bond acceptors (Lipinski definition) is 11. The minimum Gasteiger partial charge on any atom is -0.497 e. The molecule has 51 heavy (non-hydrogen) atoms. The Bertz CT molecular complexity index is 1850. The highest BCUT2D eigenvalue weighted by atomic mass is 32.1. The SMILES string of the molecule is C=C[C@H]1CC1(NC(=O)[C@@H]1C[C@@H](Oc2cc(-c3csc(NC)n3)nc3cc(OC)ccc23)CN1C(=O)[C@@H](NC(=O)OC(C)(C)C)C(C)(C)C)C(=O)O. The number of alkyl carbamates (subject to hydrolysis) is 1. The first-order valence-electron chi connectivity index (χ1n) is 16.7. The number of carboxylic acid groups (broad SMARTS) is 1. The number of thiazole rings is 1. The maximum absolute atomic E-state index is 14.4. The van der Waals surface area contributed by atoms with Gasteiger partial charge < -0.3 is 40.2 Å². The summed E-state index contributed by atoms with van der Waals surface area (Å²) in [4.78, 5) is 64.4. The molecule has 0 spiro atoms. The van der Waals surface area contributed by atoms with E-state index in [1.54, 1.807) is 73.9 Å². The first-order valence-corrected chi connectivity index (χ1v) is 17.5. The lowest BCUT2D eigenvalue weighted by Crippen LogP contribution is -2.59. The normalized spacial score (nSPS) is 22.1. The van der Waals surface area contributed by atoms with Crippen LogP contribution in [0.2, 0.25) is 0 Å². The molecule has 1 saturated carbocycles. The van der Waals surface area contributed by atoms with Crippen molar-refractivity contribution in [1.82, 2.24) is 25.5 Å². The third-order valence-corrected chi connectivity index (χ3v) is 9.76. The van der Waals surface area contributed by atoms with Crippen molar-refractivity contribution < 1.29 is 38.5 Å². The van der Waals surface area contributed by atoms with E-state index in [9.17, 15) is 24.3 Å². The van der Waals surface area contributed by atoms with Crippen LogP contribution in [-0.4, -0.2) is 93.9 Å². The molecule has 5 rings (SSSR count). The van der Waals surface area contributed by atoms with Crippen molar-refractivity contribution in [3.05, 3.63) is 42.3 Å². The molecule has 1 aliphatic heterocycles. The molecule has 3 heterocycles. The summed E-state index contributed by atoms with van der Waals surface area (Å²) < 4.78 is 17.5. The monoisotopic (exact) mass is 722 g/mol. The molecule has 5 atom stereocenters. The third kappa shape index (κ3) is 8.03. The number of hydrogen-bond donors (Lipinski definition) is 4. The summed E-state index contributed by atoms with van der Waals surface area (Å²) in [6.07, 6.45) is 0.248. The molecule has 3 amide bonds. The second-order valence-electron chi connectivity index (χ2n) is 14.9. The Hall–Kier alpha value is -4.92. The number of likely N-dealkylation sites (tertiary alicyclic amines) is 1. The minimum absolute atomic E-state index is 0.0274. The number of nitrogens with zero attached hydrogens (tertiary/aromatic N) is 3. The van der Waals surface area contributed by atoms with Crippen molar-refractivity contribution in [1.29, 1.82) is 0 Å². The maximum atomic E-state index is 14.4. The van der Waals surface area contributed by atoms with Crippen LogP contribution < -0.4 is 25.4 Å². The van der Waals surface area contributed by atoms with E-state index in [0.717, 1.165) is 0 Å². The average Bonchev–Trinajstić information content (AvgIpc) is 3.35. The highest BCUT2D eigenvalue weighted by molar-refractivity contribution is 7.14. The minimum atomic E-state index is -1.51. The van der Waals surface area contributed by atoms with Crippen molar-refractivity contribution >= 4 is 51.2 Å². The number of anilines is 1. The van der Waals surface area contributed by atoms with E-state index in [0.29, 0.717) is 38.9 Å². The predicted molar refractivity (Wildman–Crippen MR) is 193 cm³/mol. The number of aliphatic carboxylic acids is 1. The van der Waals surface area contributed by atoms with Gasteiger partial charge in [0.25, 0.3) is 0 Å². The van der Waals surface area contributed by atoms with Crippen LogP contribution in [-0.2, 0) is 19.1 Å². The molecule has 0 radical (unpaired) electrons. The number of carboxylic acids is 1. The van der Waals surface area contributed by atoms with Crippen LogP contribution in [0.25, 0.3) is 22.3 Å². The summed E-state index contributed by atoms with van der Waals surface area (Å²) >= 11 is 1.42. The van der Waals surface area contributed by atoms with E-state index in [4.69, 9.17) is 19.2 Å². The Labute approximate surface area is 300 Å². The first kappa shape index (κ1) is 37.3. The zero-order valence-corrected chi connectivity index (χ0v) is 31.0. The molecule has 2 aromatic heterocycles. The number of carbonyl (C=O) groups excluding carboxylic acids is 3. The van der Waals surface area contributed by atoms with Gasteiger partial charge in [0, 0.05) is 42.3 Å². The number of pyridine rings is 1. The van der Waals surface area contributed by atoms with E-state index < -0.39 is 64.5 Å². The Balaban J connectivity index is 1.51. The van der Waals surface area contributed by atoms with Gasteiger partial charge >= 0.3 is 12.1 Å². The zero-order valence-electron chi connectivity index (χ0n) is 30.2. The highest BCUT2D eigenvalue weighted by Gasteiger charge is 2.61. The van der Waals surface area contributed by atoms with E-state index in [-0.39, 0.29) is 19.4 Å². The van der Waals surface area contributed by atoms with Crippen molar-refractivity contribution in [2.45, 2.75) is 83.7 Å². The fourth-order valence-electron chi connectivity index (χ4n) is 6.15. The Morgan fingerprint density at radius 2 is 1.84 bits per heavy atom. The summed E-state index contributed by atoms with van der Waals surface area (Å²) in [6.45, 7) is 14.2. The molecule has 4 N–H and O–H groups in total. The number of carbonyl (C=O) groups is 4. The lowest BCUT2D eigenvalue weighted by Gasteiger charge is -2.35. The van der Waals surface area contributed by atoms with Crippen LogP contribution in [0.1, 0.15) is 54.4 Å². The molecule has 14 nitrogen and oxygen atoms in total. The van der Waals surface area contributed by atoms with Gasteiger partial charge in [0.15, 0.2) is 5.13 Å². The second-order valence-corrected chi connectivity index (χ2v) is 15.8. The topological polar surface area (TPSA) is 181 Å². The molecule has 274 valence electrons. The van der Waals surface area contributed by atoms with E-state index in [1.165, 1.54) is 22.3 Å². The number of nitrogens with one attached hydrogen (secondary N) is 3. The summed E-state index contributed by atoms with van der Waals surface area (Å²) in [5, 5.41) is 21.7. The Kier molecular flexibility index (Phi) is 10.3. The van der Waals surface area contributed by atoms with Crippen molar-refractivity contribution in [3.8, 4) is 22.9 Å². The molecular formula is C36H46N6O8S. The molecule has 2 fully saturated rings. The van der Waals surface area contributed by atoms with Gasteiger partial charge in [0.1, 0.15) is 46.5 Å². The summed E-state index contributed by atoms with van der Waals surface area (Å²) in [5.41, 5.74) is -1.37. The lowest BCUT2D eigenvalue weighted by molar-refractivity contribution is -0.146. The second kappa shape index (κ2) is 14.0. The number of aromatic nitrogens is 2. The maximum Gasteiger partial charge on any atom is 0.408 e. The third-order valence-electron chi connectivity index (χ3n) is 8.90. The van der Waals surface area contributed by atoms with Gasteiger partial charge in [-0.2, -0.15) is 0 Å². The molecule has 3 aromatic rings. The number of benzene rings is 1. The average molecular weight is 723 g/mol. The van der Waals surface area contributed by atoms with Crippen molar-refractivity contribution in [2.24, 2.45) is 11.3 Å². The van der Waals surface area contributed by atoms with E-state index >= 15 is 0 Å². The number of amides is 3. The predicted octanol–water partition coefficient (Wildman–Crippen LogP) is 4.84. The number of methoxy groups -OCH3 is 1. The number of rotatable bonds is 11. The number of ether oxygens (including phenoxy) is 3. The van der Waals surface area contributed by atoms with Gasteiger partial charge in [-0.05, 0) is 44.7 Å². The molecule has 0 bridgehead atoms. The fourth-order valence-corrected chi connectivity index (χ4v) is 6.82. The van der Waals surface area contributed by atoms with Gasteiger partial charge in [-0.25, -0.2) is 19.6 Å². The quantitative estimate of drug-likeness (QED) is 0.199. The van der Waals surface area contributed by atoms with Gasteiger partial charge in [-0.1, -0.05) is 26.8 Å². The molecule has 1 unspecified atom stereocenters. The van der Waals surface area contributed by atoms with Gasteiger partial charge in [0.05, 0.1) is 24.9 Å². The Morgan fingerprint density at radius 3 is 2.41 bits per heavy atom. The van der Waals surface area contributed by atoms with Crippen molar-refractivity contribution in [3.63, 3.8) is 0 Å². The summed E-state index contributed by atoms with van der Waals surface area (Å²) in [5.74, 6) is -1.77. The summed E-state index contributed by atoms with van der Waals surface area (Å²) in [6, 6.07) is 4.95. The fraction of sp³-hybridized carbons (Fsp3) is 0.500. The molecule has 1 saturated heterocycles. The first-order chi connectivity index (χ1) is 23.9. The van der Waals surface area contributed by atoms with Crippen LogP contribution in [0, 0.1) is 11.3 Å². The van der Waals surface area contributed by atoms with Crippen LogP contribution in [0.4, 0.5) is 9.93 Å². The van der Waals surface area contributed by atoms with Crippen LogP contribution in [0.5, 0.6) is 11.5 Å². The Morgan fingerprint density at radius 1 is 1.12 bits per heavy atom. The lowest BCUT2D eigenvalue weighted by atomic mass is 9.85. The molecule has 1 aliphatic carbocycles. The van der Waals surface area contributed by atoms with E-state index in [1.807, 2.05) is 11.4 Å². The standard InChI is InChI=1S/C36H46N6O8S/c1-10-19-16-36(19,31(45)46)41-29(43)26-14-21(17-42(26)30(44)28(34(2,3)4)40-33(47)50-35(5,6)7)49-27-15-24(25-18-51-32(37-8)39-25)38-23-13-20(48-9)11-12-22(23)27/h10-13,15,18-19,21,26,28H,1,14,16-17H2,2-9H3,(H,37,39)(H,40,47)(H,41,43)(H,45,46)/t19-,21+,26-,28+,36?/m0/s1. The van der Waals surface area contributed by atoms with Crippen molar-refractivity contribution in [2.75, 3.05) is 26.0 Å². The van der Waals surface area contributed by atoms with E-state index in [2.05, 4.69) is 27.5 Å². The molecule has 2 aliphatic rings. The van der Waals surface area contributed by atoms with Gasteiger partial charge in [0.2, 0.25) is 11.8 Å². The smallest absolute Gasteiger partial charge is 0.408 e. The molecule has 1 aromatic carbocycles. The number of fused-ring (bicyclic) bond motifs is 1.